The number of carbonyl (C=O) groups excluding carboxylic acids is 1. The van der Waals surface area contributed by atoms with E-state index in [-0.39, 0.29) is 11.5 Å². The Morgan fingerprint density at radius 2 is 1.58 bits per heavy atom. The standard InChI is InChI=1S/C18H13F3N4O/c19-12-6-4-11(5-7-12)10-22-16-9-8-15(24-25-16)18(26)23-17-13(20)2-1-3-14(17)21/h1-9H,10H2,(H,22,25)(H,23,26). The third-order valence-electron chi connectivity index (χ3n) is 3.49. The summed E-state index contributed by atoms with van der Waals surface area (Å²) in [5.74, 6) is -2.49. The van der Waals surface area contributed by atoms with E-state index in [1.165, 1.54) is 30.3 Å². The molecular weight excluding hydrogens is 345 g/mol. The molecule has 0 bridgehead atoms. The Labute approximate surface area is 146 Å². The van der Waals surface area contributed by atoms with Crippen LogP contribution in [0.3, 0.4) is 0 Å². The molecule has 1 aromatic heterocycles. The fraction of sp³-hybridized carbons (Fsp3) is 0.0556. The molecule has 1 amide bonds. The van der Waals surface area contributed by atoms with Crippen molar-refractivity contribution in [3.63, 3.8) is 0 Å². The Bertz CT molecular complexity index is 894. The maximum Gasteiger partial charge on any atom is 0.276 e. The van der Waals surface area contributed by atoms with Crippen LogP contribution in [0.5, 0.6) is 0 Å². The molecule has 1 heterocycles. The van der Waals surface area contributed by atoms with Crippen LogP contribution in [0.15, 0.2) is 54.6 Å². The van der Waals surface area contributed by atoms with Crippen LogP contribution in [-0.4, -0.2) is 16.1 Å². The van der Waals surface area contributed by atoms with E-state index in [2.05, 4.69) is 20.8 Å². The molecule has 0 aliphatic carbocycles. The van der Waals surface area contributed by atoms with E-state index in [9.17, 15) is 18.0 Å². The van der Waals surface area contributed by atoms with Gasteiger partial charge in [0.15, 0.2) is 5.69 Å². The summed E-state index contributed by atoms with van der Waals surface area (Å²) in [7, 11) is 0. The van der Waals surface area contributed by atoms with Crippen LogP contribution in [0.2, 0.25) is 0 Å². The minimum atomic E-state index is -0.885. The maximum absolute atomic E-state index is 13.6. The van der Waals surface area contributed by atoms with Crippen molar-refractivity contribution in [2.75, 3.05) is 10.6 Å². The van der Waals surface area contributed by atoms with Crippen molar-refractivity contribution >= 4 is 17.4 Å². The molecule has 0 aliphatic heterocycles. The third-order valence-corrected chi connectivity index (χ3v) is 3.49. The van der Waals surface area contributed by atoms with Crippen LogP contribution in [-0.2, 0) is 6.54 Å². The first-order valence-corrected chi connectivity index (χ1v) is 7.60. The largest absolute Gasteiger partial charge is 0.365 e. The molecule has 3 rings (SSSR count). The summed E-state index contributed by atoms with van der Waals surface area (Å²) in [6.07, 6.45) is 0. The lowest BCUT2D eigenvalue weighted by Crippen LogP contribution is -2.16. The minimum Gasteiger partial charge on any atom is -0.365 e. The number of halogens is 3. The Balaban J connectivity index is 1.63. The number of hydrogen-bond donors (Lipinski definition) is 2. The van der Waals surface area contributed by atoms with Crippen LogP contribution in [0, 0.1) is 17.5 Å². The van der Waals surface area contributed by atoms with Gasteiger partial charge in [-0.25, -0.2) is 13.2 Å². The number of benzene rings is 2. The highest BCUT2D eigenvalue weighted by molar-refractivity contribution is 6.02. The number of amides is 1. The monoisotopic (exact) mass is 358 g/mol. The van der Waals surface area contributed by atoms with Gasteiger partial charge in [-0.15, -0.1) is 10.2 Å². The molecule has 0 atom stereocenters. The summed E-state index contributed by atoms with van der Waals surface area (Å²) in [5.41, 5.74) is 0.197. The summed E-state index contributed by atoms with van der Waals surface area (Å²) in [5, 5.41) is 12.7. The lowest BCUT2D eigenvalue weighted by atomic mass is 10.2. The predicted octanol–water partition coefficient (Wildman–Crippen LogP) is 3.76. The summed E-state index contributed by atoms with van der Waals surface area (Å²) in [6, 6.07) is 12.1. The van der Waals surface area contributed by atoms with Gasteiger partial charge in [0, 0.05) is 6.54 Å². The van der Waals surface area contributed by atoms with Crippen LogP contribution in [0.1, 0.15) is 16.1 Å². The normalized spacial score (nSPS) is 10.4. The summed E-state index contributed by atoms with van der Waals surface area (Å²) in [6.45, 7) is 0.390. The van der Waals surface area contributed by atoms with Gasteiger partial charge in [-0.05, 0) is 42.0 Å². The maximum atomic E-state index is 13.6. The molecule has 0 saturated carbocycles. The zero-order valence-electron chi connectivity index (χ0n) is 13.3. The fourth-order valence-corrected chi connectivity index (χ4v) is 2.14. The molecule has 26 heavy (non-hydrogen) atoms. The zero-order valence-corrected chi connectivity index (χ0v) is 13.3. The number of aromatic nitrogens is 2. The van der Waals surface area contributed by atoms with Gasteiger partial charge in [0.05, 0.1) is 0 Å². The van der Waals surface area contributed by atoms with E-state index >= 15 is 0 Å². The first kappa shape index (κ1) is 17.4. The van der Waals surface area contributed by atoms with Gasteiger partial charge in [0.25, 0.3) is 5.91 Å². The van der Waals surface area contributed by atoms with Crippen LogP contribution < -0.4 is 10.6 Å². The van der Waals surface area contributed by atoms with Crippen molar-refractivity contribution in [2.24, 2.45) is 0 Å². The molecule has 0 fully saturated rings. The number of anilines is 2. The summed E-state index contributed by atoms with van der Waals surface area (Å²) < 4.78 is 40.0. The molecule has 2 aromatic carbocycles. The predicted molar refractivity (Wildman–Crippen MR) is 90.1 cm³/mol. The summed E-state index contributed by atoms with van der Waals surface area (Å²) >= 11 is 0. The number of rotatable bonds is 5. The smallest absolute Gasteiger partial charge is 0.276 e. The second-order valence-corrected chi connectivity index (χ2v) is 5.33. The van der Waals surface area contributed by atoms with Gasteiger partial charge in [-0.1, -0.05) is 18.2 Å². The van der Waals surface area contributed by atoms with Crippen molar-refractivity contribution in [3.8, 4) is 0 Å². The first-order chi connectivity index (χ1) is 12.5. The highest BCUT2D eigenvalue weighted by Crippen LogP contribution is 2.18. The number of nitrogens with zero attached hydrogens (tertiary/aromatic N) is 2. The summed E-state index contributed by atoms with van der Waals surface area (Å²) in [4.78, 5) is 12.0. The average molecular weight is 358 g/mol. The van der Waals surface area contributed by atoms with E-state index in [4.69, 9.17) is 0 Å². The quantitative estimate of drug-likeness (QED) is 0.729. The van der Waals surface area contributed by atoms with Gasteiger partial charge in [-0.2, -0.15) is 0 Å². The second-order valence-electron chi connectivity index (χ2n) is 5.33. The van der Waals surface area contributed by atoms with E-state index in [0.717, 1.165) is 17.7 Å². The molecule has 0 radical (unpaired) electrons. The molecule has 132 valence electrons. The minimum absolute atomic E-state index is 0.0972. The molecular formula is C18H13F3N4O. The van der Waals surface area contributed by atoms with Crippen molar-refractivity contribution < 1.29 is 18.0 Å². The van der Waals surface area contributed by atoms with E-state index in [0.29, 0.717) is 12.4 Å². The van der Waals surface area contributed by atoms with E-state index < -0.39 is 23.2 Å². The Morgan fingerprint density at radius 3 is 2.19 bits per heavy atom. The highest BCUT2D eigenvalue weighted by Gasteiger charge is 2.14. The molecule has 0 saturated heterocycles. The van der Waals surface area contributed by atoms with Crippen LogP contribution >= 0.6 is 0 Å². The highest BCUT2D eigenvalue weighted by atomic mass is 19.1. The molecule has 0 unspecified atom stereocenters. The zero-order chi connectivity index (χ0) is 18.5. The van der Waals surface area contributed by atoms with Gasteiger partial charge >= 0.3 is 0 Å². The lowest BCUT2D eigenvalue weighted by Gasteiger charge is -2.08. The van der Waals surface area contributed by atoms with Crippen LogP contribution in [0.4, 0.5) is 24.7 Å². The SMILES string of the molecule is O=C(Nc1c(F)cccc1F)c1ccc(NCc2ccc(F)cc2)nn1. The van der Waals surface area contributed by atoms with Crippen molar-refractivity contribution in [1.82, 2.24) is 10.2 Å². The van der Waals surface area contributed by atoms with E-state index in [1.807, 2.05) is 0 Å². The topological polar surface area (TPSA) is 66.9 Å². The van der Waals surface area contributed by atoms with Crippen molar-refractivity contribution in [3.05, 3.63) is 83.3 Å². The second kappa shape index (κ2) is 7.64. The number of hydrogen-bond acceptors (Lipinski definition) is 4. The fourth-order valence-electron chi connectivity index (χ4n) is 2.14. The van der Waals surface area contributed by atoms with Crippen molar-refractivity contribution in [1.29, 1.82) is 0 Å². The third kappa shape index (κ3) is 4.15. The molecule has 8 heteroatoms. The molecule has 0 spiro atoms. The number of nitrogens with one attached hydrogen (secondary N) is 2. The van der Waals surface area contributed by atoms with Gasteiger partial charge in [-0.3, -0.25) is 4.79 Å². The van der Waals surface area contributed by atoms with Crippen molar-refractivity contribution in [2.45, 2.75) is 6.54 Å². The van der Waals surface area contributed by atoms with Gasteiger partial charge in [0.1, 0.15) is 29.0 Å². The Morgan fingerprint density at radius 1 is 0.885 bits per heavy atom. The lowest BCUT2D eigenvalue weighted by molar-refractivity contribution is 0.102. The van der Waals surface area contributed by atoms with Crippen LogP contribution in [0.25, 0.3) is 0 Å². The molecule has 0 aliphatic rings. The Kier molecular flexibility index (Phi) is 5.12. The molecule has 2 N–H and O–H groups in total. The molecule has 3 aromatic rings. The average Bonchev–Trinajstić information content (AvgIpc) is 2.65. The number of para-hydroxylation sites is 1. The van der Waals surface area contributed by atoms with E-state index in [1.54, 1.807) is 12.1 Å². The first-order valence-electron chi connectivity index (χ1n) is 7.60. The van der Waals surface area contributed by atoms with Gasteiger partial charge < -0.3 is 10.6 Å². The Hall–Kier alpha value is -3.42. The number of carbonyl (C=O) groups is 1. The van der Waals surface area contributed by atoms with Gasteiger partial charge in [0.2, 0.25) is 0 Å². The molecule has 5 nitrogen and oxygen atoms in total.